The Hall–Kier alpha value is -2.80. The molecule has 0 fully saturated rings. The van der Waals surface area contributed by atoms with Gasteiger partial charge in [-0.25, -0.2) is 9.18 Å². The van der Waals surface area contributed by atoms with E-state index >= 15 is 0 Å². The number of rotatable bonds is 6. The number of amides is 1. The molecule has 2 aromatic carbocycles. The smallest absolute Gasteiger partial charge is 0.340 e. The van der Waals surface area contributed by atoms with Crippen LogP contribution >= 0.6 is 11.6 Å². The maximum atomic E-state index is 13.0. The van der Waals surface area contributed by atoms with Gasteiger partial charge in [-0.1, -0.05) is 11.6 Å². The molecule has 0 saturated heterocycles. The summed E-state index contributed by atoms with van der Waals surface area (Å²) in [7, 11) is 2.97. The second-order valence-electron chi connectivity index (χ2n) is 4.82. The van der Waals surface area contributed by atoms with E-state index in [0.717, 1.165) is 12.1 Å². The topological polar surface area (TPSA) is 73.9 Å². The molecular formula is C17H15ClFNO5. The maximum absolute atomic E-state index is 13.0. The van der Waals surface area contributed by atoms with Crippen LogP contribution in [0.4, 0.5) is 10.1 Å². The number of anilines is 1. The zero-order valence-corrected chi connectivity index (χ0v) is 14.2. The Morgan fingerprint density at radius 1 is 1.08 bits per heavy atom. The van der Waals surface area contributed by atoms with Crippen molar-refractivity contribution < 1.29 is 28.2 Å². The Kier molecular flexibility index (Phi) is 6.19. The van der Waals surface area contributed by atoms with Gasteiger partial charge >= 0.3 is 5.97 Å². The average Bonchev–Trinajstić information content (AvgIpc) is 2.59. The molecule has 0 bridgehead atoms. The highest BCUT2D eigenvalue weighted by molar-refractivity contribution is 6.33. The third kappa shape index (κ3) is 4.84. The third-order valence-electron chi connectivity index (χ3n) is 3.15. The van der Waals surface area contributed by atoms with Gasteiger partial charge in [0, 0.05) is 11.8 Å². The fourth-order valence-electron chi connectivity index (χ4n) is 1.97. The molecule has 0 spiro atoms. The number of nitrogens with one attached hydrogen (secondary N) is 1. The van der Waals surface area contributed by atoms with Crippen LogP contribution in [0.3, 0.4) is 0 Å². The van der Waals surface area contributed by atoms with Crippen LogP contribution in [0.2, 0.25) is 5.02 Å². The molecule has 2 rings (SSSR count). The van der Waals surface area contributed by atoms with Gasteiger partial charge in [0.15, 0.2) is 18.1 Å². The quantitative estimate of drug-likeness (QED) is 0.793. The first kappa shape index (κ1) is 18.5. The maximum Gasteiger partial charge on any atom is 0.340 e. The molecule has 0 saturated carbocycles. The van der Waals surface area contributed by atoms with Crippen LogP contribution in [0.25, 0.3) is 0 Å². The summed E-state index contributed by atoms with van der Waals surface area (Å²) in [5, 5.41) is 2.46. The van der Waals surface area contributed by atoms with Crippen molar-refractivity contribution in [2.45, 2.75) is 0 Å². The van der Waals surface area contributed by atoms with Crippen molar-refractivity contribution in [1.82, 2.24) is 0 Å². The highest BCUT2D eigenvalue weighted by atomic mass is 35.5. The third-order valence-corrected chi connectivity index (χ3v) is 3.47. The fraction of sp³-hybridized carbons (Fsp3) is 0.176. The summed E-state index contributed by atoms with van der Waals surface area (Å²) < 4.78 is 28.1. The van der Waals surface area contributed by atoms with Crippen molar-refractivity contribution in [2.24, 2.45) is 0 Å². The van der Waals surface area contributed by atoms with E-state index in [4.69, 9.17) is 25.8 Å². The van der Waals surface area contributed by atoms with Gasteiger partial charge in [0.1, 0.15) is 5.82 Å². The summed E-state index contributed by atoms with van der Waals surface area (Å²) in [6, 6.07) is 8.05. The van der Waals surface area contributed by atoms with Gasteiger partial charge in [-0.15, -0.1) is 0 Å². The Morgan fingerprint density at radius 3 is 2.44 bits per heavy atom. The molecule has 0 unspecified atom stereocenters. The van der Waals surface area contributed by atoms with Crippen LogP contribution in [0.5, 0.6) is 11.5 Å². The lowest BCUT2D eigenvalue weighted by molar-refractivity contribution is -0.119. The molecule has 8 heteroatoms. The van der Waals surface area contributed by atoms with Gasteiger partial charge < -0.3 is 19.5 Å². The van der Waals surface area contributed by atoms with E-state index in [2.05, 4.69) is 5.32 Å². The molecule has 0 aromatic heterocycles. The van der Waals surface area contributed by atoms with Crippen molar-refractivity contribution in [2.75, 3.05) is 26.1 Å². The van der Waals surface area contributed by atoms with Crippen molar-refractivity contribution in [3.63, 3.8) is 0 Å². The van der Waals surface area contributed by atoms with Crippen LogP contribution in [-0.2, 0) is 9.53 Å². The van der Waals surface area contributed by atoms with E-state index in [1.54, 1.807) is 18.2 Å². The Balaban J connectivity index is 1.95. The number of carbonyl (C=O) groups is 2. The number of methoxy groups -OCH3 is 2. The zero-order chi connectivity index (χ0) is 18.4. The molecular weight excluding hydrogens is 353 g/mol. The minimum absolute atomic E-state index is 0.0259. The number of esters is 1. The summed E-state index contributed by atoms with van der Waals surface area (Å²) in [6.45, 7) is -0.527. The average molecular weight is 368 g/mol. The summed E-state index contributed by atoms with van der Waals surface area (Å²) in [6.07, 6.45) is 0. The largest absolute Gasteiger partial charge is 0.493 e. The SMILES string of the molecule is COc1ccc(NC(=O)COC(=O)c2ccc(F)cc2Cl)cc1OC. The van der Waals surface area contributed by atoms with Crippen LogP contribution in [-0.4, -0.2) is 32.7 Å². The molecule has 6 nitrogen and oxygen atoms in total. The van der Waals surface area contributed by atoms with Crippen molar-refractivity contribution in [3.8, 4) is 11.5 Å². The molecule has 2 aromatic rings. The van der Waals surface area contributed by atoms with E-state index in [0.29, 0.717) is 17.2 Å². The number of halogens is 2. The Labute approximate surface area is 148 Å². The van der Waals surface area contributed by atoms with E-state index < -0.39 is 24.3 Å². The van der Waals surface area contributed by atoms with Gasteiger partial charge in [-0.2, -0.15) is 0 Å². The standard InChI is InChI=1S/C17H15ClFNO5/c1-23-14-6-4-11(8-15(14)24-2)20-16(21)9-25-17(22)12-5-3-10(19)7-13(12)18/h3-8H,9H2,1-2H3,(H,20,21). The first-order valence-electron chi connectivity index (χ1n) is 7.08. The lowest BCUT2D eigenvalue weighted by Gasteiger charge is -2.11. The number of hydrogen-bond acceptors (Lipinski definition) is 5. The first-order chi connectivity index (χ1) is 11.9. The lowest BCUT2D eigenvalue weighted by atomic mass is 10.2. The van der Waals surface area contributed by atoms with Crippen molar-refractivity contribution in [3.05, 3.63) is 52.8 Å². The molecule has 1 amide bonds. The monoisotopic (exact) mass is 367 g/mol. The van der Waals surface area contributed by atoms with Crippen LogP contribution in [0.1, 0.15) is 10.4 Å². The molecule has 0 aliphatic rings. The summed E-state index contributed by atoms with van der Waals surface area (Å²) >= 11 is 5.76. The molecule has 0 atom stereocenters. The number of benzene rings is 2. The Bertz CT molecular complexity index is 797. The van der Waals surface area contributed by atoms with E-state index in [1.807, 2.05) is 0 Å². The van der Waals surface area contributed by atoms with Crippen LogP contribution in [0, 0.1) is 5.82 Å². The zero-order valence-electron chi connectivity index (χ0n) is 13.5. The molecule has 0 aliphatic carbocycles. The first-order valence-corrected chi connectivity index (χ1v) is 7.46. The van der Waals surface area contributed by atoms with Crippen LogP contribution < -0.4 is 14.8 Å². The number of hydrogen-bond donors (Lipinski definition) is 1. The number of ether oxygens (including phenoxy) is 3. The Morgan fingerprint density at radius 2 is 1.80 bits per heavy atom. The molecule has 0 heterocycles. The summed E-state index contributed by atoms with van der Waals surface area (Å²) in [5.41, 5.74) is 0.417. The van der Waals surface area contributed by atoms with Gasteiger partial charge in [-0.3, -0.25) is 4.79 Å². The van der Waals surface area contributed by atoms with Gasteiger partial charge in [0.05, 0.1) is 24.8 Å². The normalized spacial score (nSPS) is 10.1. The van der Waals surface area contributed by atoms with Gasteiger partial charge in [-0.05, 0) is 30.3 Å². The molecule has 1 N–H and O–H groups in total. The van der Waals surface area contributed by atoms with Gasteiger partial charge in [0.2, 0.25) is 0 Å². The van der Waals surface area contributed by atoms with E-state index in [9.17, 15) is 14.0 Å². The van der Waals surface area contributed by atoms with E-state index in [-0.39, 0.29) is 10.6 Å². The number of carbonyl (C=O) groups excluding carboxylic acids is 2. The molecule has 132 valence electrons. The van der Waals surface area contributed by atoms with Crippen LogP contribution in [0.15, 0.2) is 36.4 Å². The second kappa shape index (κ2) is 8.34. The van der Waals surface area contributed by atoms with Gasteiger partial charge in [0.25, 0.3) is 5.91 Å². The predicted octanol–water partition coefficient (Wildman–Crippen LogP) is 3.29. The van der Waals surface area contributed by atoms with E-state index in [1.165, 1.54) is 20.3 Å². The summed E-state index contributed by atoms with van der Waals surface area (Å²) in [5.74, 6) is -1.01. The minimum atomic E-state index is -0.826. The second-order valence-corrected chi connectivity index (χ2v) is 5.23. The highest BCUT2D eigenvalue weighted by Crippen LogP contribution is 2.29. The van der Waals surface area contributed by atoms with Crippen molar-refractivity contribution in [1.29, 1.82) is 0 Å². The van der Waals surface area contributed by atoms with Crippen molar-refractivity contribution >= 4 is 29.2 Å². The fourth-order valence-corrected chi connectivity index (χ4v) is 2.22. The predicted molar refractivity (Wildman–Crippen MR) is 89.9 cm³/mol. The highest BCUT2D eigenvalue weighted by Gasteiger charge is 2.15. The lowest BCUT2D eigenvalue weighted by Crippen LogP contribution is -2.21. The molecule has 0 radical (unpaired) electrons. The molecule has 25 heavy (non-hydrogen) atoms. The molecule has 0 aliphatic heterocycles. The summed E-state index contributed by atoms with van der Waals surface area (Å²) in [4.78, 5) is 23.8. The minimum Gasteiger partial charge on any atom is -0.493 e.